The van der Waals surface area contributed by atoms with Crippen molar-refractivity contribution in [2.75, 3.05) is 12.0 Å². The van der Waals surface area contributed by atoms with Crippen molar-refractivity contribution in [2.45, 2.75) is 114 Å². The third-order valence-corrected chi connectivity index (χ3v) is 11.5. The third kappa shape index (κ3) is 4.31. The Balaban J connectivity index is 0.982. The maximum atomic E-state index is 11.6. The SMILES string of the molecule is COc1cc(C(=O)O)cc2sc(N3[C@@H]4CC[C@H]3C[C@H](OCc3c(C5CCC6(CC5)CC6)noc3C3CC3)C4)nc12. The van der Waals surface area contributed by atoms with Crippen LogP contribution in [0.2, 0.25) is 0 Å². The Bertz CT molecular complexity index is 1430. The van der Waals surface area contributed by atoms with E-state index in [4.69, 9.17) is 19.0 Å². The minimum atomic E-state index is -0.954. The van der Waals surface area contributed by atoms with Gasteiger partial charge < -0.3 is 24.0 Å². The number of methoxy groups -OCH3 is 1. The van der Waals surface area contributed by atoms with Crippen molar-refractivity contribution in [3.05, 3.63) is 34.7 Å². The van der Waals surface area contributed by atoms with Crippen LogP contribution in [0.3, 0.4) is 0 Å². The molecule has 9 heteroatoms. The van der Waals surface area contributed by atoms with Gasteiger partial charge >= 0.3 is 5.97 Å². The number of hydrogen-bond donors (Lipinski definition) is 1. The molecule has 8 nitrogen and oxygen atoms in total. The van der Waals surface area contributed by atoms with E-state index >= 15 is 0 Å². The van der Waals surface area contributed by atoms with Gasteiger partial charge in [0.15, 0.2) is 5.13 Å². The minimum Gasteiger partial charge on any atom is -0.494 e. The van der Waals surface area contributed by atoms with Gasteiger partial charge in [0.25, 0.3) is 0 Å². The molecule has 3 atom stereocenters. The maximum absolute atomic E-state index is 11.6. The number of rotatable bonds is 8. The van der Waals surface area contributed by atoms with Crippen molar-refractivity contribution in [3.8, 4) is 5.75 Å². The van der Waals surface area contributed by atoms with Gasteiger partial charge in [-0.2, -0.15) is 0 Å². The zero-order chi connectivity index (χ0) is 27.0. The number of aromatic nitrogens is 2. The van der Waals surface area contributed by atoms with Gasteiger partial charge in [-0.3, -0.25) is 0 Å². The van der Waals surface area contributed by atoms with Crippen LogP contribution in [0.5, 0.6) is 5.75 Å². The Morgan fingerprint density at radius 3 is 2.48 bits per heavy atom. The van der Waals surface area contributed by atoms with Crippen LogP contribution in [0.25, 0.3) is 10.2 Å². The van der Waals surface area contributed by atoms with Crippen molar-refractivity contribution >= 4 is 32.7 Å². The lowest BCUT2D eigenvalue weighted by molar-refractivity contribution is 0.0140. The van der Waals surface area contributed by atoms with E-state index in [9.17, 15) is 9.90 Å². The summed E-state index contributed by atoms with van der Waals surface area (Å²) in [6.07, 6.45) is 14.9. The van der Waals surface area contributed by atoms with Crippen molar-refractivity contribution in [2.24, 2.45) is 5.41 Å². The average Bonchev–Trinajstić information content (AvgIpc) is 3.83. The molecule has 2 aliphatic heterocycles. The van der Waals surface area contributed by atoms with E-state index in [1.54, 1.807) is 30.6 Å². The number of benzene rings is 1. The van der Waals surface area contributed by atoms with Crippen LogP contribution in [-0.2, 0) is 11.3 Å². The first-order valence-corrected chi connectivity index (χ1v) is 15.9. The quantitative estimate of drug-likeness (QED) is 0.312. The lowest BCUT2D eigenvalue weighted by Gasteiger charge is -2.38. The molecule has 3 aromatic rings. The van der Waals surface area contributed by atoms with Crippen LogP contribution in [0.1, 0.15) is 116 Å². The maximum Gasteiger partial charge on any atom is 0.335 e. The fourth-order valence-electron chi connectivity index (χ4n) is 7.80. The zero-order valence-corrected chi connectivity index (χ0v) is 23.9. The molecule has 2 bridgehead atoms. The molecule has 4 heterocycles. The summed E-state index contributed by atoms with van der Waals surface area (Å²) in [7, 11) is 1.57. The van der Waals surface area contributed by atoms with E-state index in [-0.39, 0.29) is 11.7 Å². The number of fused-ring (bicyclic) bond motifs is 3. The summed E-state index contributed by atoms with van der Waals surface area (Å²) in [6.45, 7) is 0.618. The van der Waals surface area contributed by atoms with Crippen LogP contribution in [0, 0.1) is 5.41 Å². The topological polar surface area (TPSA) is 97.9 Å². The molecular formula is C31H37N3O5S. The molecule has 0 amide bonds. The molecule has 0 radical (unpaired) electrons. The molecule has 1 aromatic carbocycles. The highest BCUT2D eigenvalue weighted by atomic mass is 32.1. The Morgan fingerprint density at radius 1 is 1.07 bits per heavy atom. The second-order valence-electron chi connectivity index (χ2n) is 13.0. The Hall–Kier alpha value is -2.65. The highest BCUT2D eigenvalue weighted by Gasteiger charge is 2.47. The van der Waals surface area contributed by atoms with E-state index in [0.717, 1.165) is 46.8 Å². The summed E-state index contributed by atoms with van der Waals surface area (Å²) in [5.41, 5.74) is 4.11. The van der Waals surface area contributed by atoms with E-state index in [1.165, 1.54) is 62.6 Å². The van der Waals surface area contributed by atoms with Crippen LogP contribution >= 0.6 is 11.3 Å². The molecule has 8 rings (SSSR count). The largest absolute Gasteiger partial charge is 0.494 e. The molecule has 5 fully saturated rings. The number of nitrogens with zero attached hydrogens (tertiary/aromatic N) is 3. The smallest absolute Gasteiger partial charge is 0.335 e. The molecule has 212 valence electrons. The molecular weight excluding hydrogens is 526 g/mol. The highest BCUT2D eigenvalue weighted by molar-refractivity contribution is 7.22. The van der Waals surface area contributed by atoms with Gasteiger partial charge in [-0.15, -0.1) is 0 Å². The normalized spacial score (nSPS) is 27.5. The molecule has 3 aliphatic carbocycles. The predicted molar refractivity (Wildman–Crippen MR) is 152 cm³/mol. The minimum absolute atomic E-state index is 0.215. The number of piperidine rings is 1. The molecule has 3 saturated carbocycles. The number of carboxylic acids is 1. The number of hydrogen-bond acceptors (Lipinski definition) is 8. The van der Waals surface area contributed by atoms with Gasteiger partial charge in [0.2, 0.25) is 0 Å². The summed E-state index contributed by atoms with van der Waals surface area (Å²) < 4.78 is 19.0. The first-order valence-electron chi connectivity index (χ1n) is 15.1. The number of anilines is 1. The Labute approximate surface area is 238 Å². The predicted octanol–water partition coefficient (Wildman–Crippen LogP) is 7.02. The van der Waals surface area contributed by atoms with Gasteiger partial charge in [-0.05, 0) is 94.6 Å². The van der Waals surface area contributed by atoms with Crippen molar-refractivity contribution in [3.63, 3.8) is 0 Å². The summed E-state index contributed by atoms with van der Waals surface area (Å²) in [5, 5.41) is 15.1. The second kappa shape index (κ2) is 9.44. The van der Waals surface area contributed by atoms with E-state index < -0.39 is 5.97 Å². The van der Waals surface area contributed by atoms with Gasteiger partial charge in [0, 0.05) is 29.5 Å². The Morgan fingerprint density at radius 2 is 1.82 bits per heavy atom. The Kier molecular flexibility index (Phi) is 5.92. The molecule has 1 spiro atoms. The summed E-state index contributed by atoms with van der Waals surface area (Å²) in [6, 6.07) is 4.04. The number of aromatic carboxylic acids is 1. The zero-order valence-electron chi connectivity index (χ0n) is 23.1. The lowest BCUT2D eigenvalue weighted by Crippen LogP contribution is -2.45. The number of carboxylic acid groups (broad SMARTS) is 1. The first-order chi connectivity index (χ1) is 19.5. The number of carbonyl (C=O) groups is 1. The fourth-order valence-corrected chi connectivity index (χ4v) is 8.97. The van der Waals surface area contributed by atoms with Crippen molar-refractivity contribution < 1.29 is 23.9 Å². The standard InChI is InChI=1S/C31H37N3O5S/c1-37-24-12-19(29(35)36)13-25-27(24)32-30(40-25)34-20-4-5-21(34)15-22(14-20)38-16-23-26(33-39-28(23)18-2-3-18)17-6-8-31(9-7-17)10-11-31/h12-13,17-18,20-22H,2-11,14-16H2,1H3,(H,35,36)/t20-,21+,22-. The van der Waals surface area contributed by atoms with E-state index in [0.29, 0.717) is 41.7 Å². The molecule has 5 aliphatic rings. The number of thiazole rings is 1. The average molecular weight is 564 g/mol. The van der Waals surface area contributed by atoms with E-state index in [2.05, 4.69) is 10.1 Å². The van der Waals surface area contributed by atoms with E-state index in [1.807, 2.05) is 0 Å². The van der Waals surface area contributed by atoms with Crippen molar-refractivity contribution in [1.29, 1.82) is 0 Å². The second-order valence-corrected chi connectivity index (χ2v) is 14.0. The molecule has 40 heavy (non-hydrogen) atoms. The molecule has 1 N–H and O–H groups in total. The summed E-state index contributed by atoms with van der Waals surface area (Å²) >= 11 is 1.57. The lowest BCUT2D eigenvalue weighted by atomic mass is 9.77. The summed E-state index contributed by atoms with van der Waals surface area (Å²) in [5.74, 6) is 1.73. The van der Waals surface area contributed by atoms with Crippen LogP contribution in [0.4, 0.5) is 5.13 Å². The summed E-state index contributed by atoms with van der Waals surface area (Å²) in [4.78, 5) is 19.0. The fraction of sp³-hybridized carbons (Fsp3) is 0.645. The van der Waals surface area contributed by atoms with Crippen LogP contribution in [-0.4, -0.2) is 46.5 Å². The van der Waals surface area contributed by atoms with Crippen LogP contribution < -0.4 is 9.64 Å². The van der Waals surface area contributed by atoms with Gasteiger partial charge in [-0.1, -0.05) is 16.5 Å². The van der Waals surface area contributed by atoms with Crippen LogP contribution in [0.15, 0.2) is 16.7 Å². The third-order valence-electron chi connectivity index (χ3n) is 10.5. The van der Waals surface area contributed by atoms with Gasteiger partial charge in [0.05, 0.1) is 35.8 Å². The van der Waals surface area contributed by atoms with Gasteiger partial charge in [0.1, 0.15) is 17.0 Å². The molecule has 2 saturated heterocycles. The first kappa shape index (κ1) is 25.1. The number of ether oxygens (including phenoxy) is 2. The molecule has 2 aromatic heterocycles. The monoisotopic (exact) mass is 563 g/mol. The van der Waals surface area contributed by atoms with Crippen molar-refractivity contribution in [1.82, 2.24) is 10.1 Å². The highest BCUT2D eigenvalue weighted by Crippen LogP contribution is 2.59. The molecule has 0 unspecified atom stereocenters. The van der Waals surface area contributed by atoms with Gasteiger partial charge in [-0.25, -0.2) is 9.78 Å².